The molecule has 1 saturated carbocycles. The van der Waals surface area contributed by atoms with Gasteiger partial charge >= 0.3 is 5.97 Å². The van der Waals surface area contributed by atoms with Gasteiger partial charge in [0.2, 0.25) is 0 Å². The number of nitrogens with one attached hydrogen (secondary N) is 1. The molecular formula is C18H19FN2O3. The number of rotatable bonds is 3. The van der Waals surface area contributed by atoms with Gasteiger partial charge in [-0.2, -0.15) is 0 Å². The van der Waals surface area contributed by atoms with Gasteiger partial charge in [-0.25, -0.2) is 4.39 Å². The Morgan fingerprint density at radius 2 is 2.00 bits per heavy atom. The summed E-state index contributed by atoms with van der Waals surface area (Å²) in [6, 6.07) is 4.53. The van der Waals surface area contributed by atoms with Crippen LogP contribution in [-0.2, 0) is 4.79 Å². The van der Waals surface area contributed by atoms with Crippen LogP contribution in [0.25, 0.3) is 10.9 Å². The van der Waals surface area contributed by atoms with Gasteiger partial charge in [-0.15, -0.1) is 0 Å². The van der Waals surface area contributed by atoms with Crippen molar-refractivity contribution < 1.29 is 19.1 Å². The van der Waals surface area contributed by atoms with Crippen LogP contribution >= 0.6 is 0 Å². The molecule has 5 nitrogen and oxygen atoms in total. The number of hydrogen-bond acceptors (Lipinski definition) is 2. The molecule has 0 bridgehead atoms. The van der Waals surface area contributed by atoms with Gasteiger partial charge in [-0.1, -0.05) is 0 Å². The number of H-pyrrole nitrogens is 1. The van der Waals surface area contributed by atoms with Crippen molar-refractivity contribution >= 4 is 22.8 Å². The number of fused-ring (bicyclic) bond motifs is 1. The normalized spacial score (nSPS) is 23.8. The van der Waals surface area contributed by atoms with Crippen molar-refractivity contribution in [1.82, 2.24) is 9.88 Å². The second kappa shape index (κ2) is 5.33. The third-order valence-electron chi connectivity index (χ3n) is 5.34. The lowest BCUT2D eigenvalue weighted by Gasteiger charge is -2.15. The average molecular weight is 330 g/mol. The van der Waals surface area contributed by atoms with Gasteiger partial charge in [0.1, 0.15) is 11.5 Å². The van der Waals surface area contributed by atoms with E-state index in [1.807, 2.05) is 0 Å². The summed E-state index contributed by atoms with van der Waals surface area (Å²) in [6.07, 6.45) is 2.11. The van der Waals surface area contributed by atoms with Crippen molar-refractivity contribution in [1.29, 1.82) is 0 Å². The van der Waals surface area contributed by atoms with Gasteiger partial charge in [-0.3, -0.25) is 9.59 Å². The minimum absolute atomic E-state index is 0.0509. The van der Waals surface area contributed by atoms with Crippen molar-refractivity contribution in [3.63, 3.8) is 0 Å². The molecular weight excluding hydrogens is 311 g/mol. The predicted octanol–water partition coefficient (Wildman–Crippen LogP) is 2.80. The molecule has 0 unspecified atom stereocenters. The van der Waals surface area contributed by atoms with E-state index in [0.29, 0.717) is 23.7 Å². The second-order valence-corrected chi connectivity index (χ2v) is 7.02. The molecule has 6 heteroatoms. The standard InChI is InChI=1S/C18H19FN2O3/c1-9-4-11(19)5-15-12(9)6-16(20-15)17(22)21-7-13(10-2-3-10)14(8-21)18(23)24/h4-6,10,13-14,20H,2-3,7-8H2,1H3,(H,23,24)/t13-,14+/m1/s1. The lowest BCUT2D eigenvalue weighted by atomic mass is 9.92. The van der Waals surface area contributed by atoms with E-state index in [4.69, 9.17) is 0 Å². The Labute approximate surface area is 138 Å². The molecule has 1 aromatic carbocycles. The molecule has 2 fully saturated rings. The Kier molecular flexibility index (Phi) is 3.37. The molecule has 2 heterocycles. The molecule has 1 saturated heterocycles. The van der Waals surface area contributed by atoms with Gasteiger partial charge in [0, 0.05) is 24.0 Å². The van der Waals surface area contributed by atoms with Crippen LogP contribution in [0.4, 0.5) is 4.39 Å². The van der Waals surface area contributed by atoms with Crippen molar-refractivity contribution in [3.05, 3.63) is 35.3 Å². The summed E-state index contributed by atoms with van der Waals surface area (Å²) >= 11 is 0. The summed E-state index contributed by atoms with van der Waals surface area (Å²) in [5.41, 5.74) is 1.74. The number of aromatic amines is 1. The highest BCUT2D eigenvalue weighted by Crippen LogP contribution is 2.44. The Morgan fingerprint density at radius 1 is 1.25 bits per heavy atom. The van der Waals surface area contributed by atoms with Crippen LogP contribution in [0.2, 0.25) is 0 Å². The summed E-state index contributed by atoms with van der Waals surface area (Å²) in [6.45, 7) is 2.54. The number of carboxylic acid groups (broad SMARTS) is 1. The Balaban J connectivity index is 1.62. The number of aryl methyl sites for hydroxylation is 1. The number of hydrogen-bond donors (Lipinski definition) is 2. The van der Waals surface area contributed by atoms with Crippen LogP contribution < -0.4 is 0 Å². The molecule has 2 aliphatic rings. The first-order chi connectivity index (χ1) is 11.4. The van der Waals surface area contributed by atoms with Gasteiger partial charge in [-0.05, 0) is 55.4 Å². The molecule has 2 atom stereocenters. The number of aromatic nitrogens is 1. The van der Waals surface area contributed by atoms with E-state index >= 15 is 0 Å². The molecule has 0 radical (unpaired) electrons. The quantitative estimate of drug-likeness (QED) is 0.909. The largest absolute Gasteiger partial charge is 0.481 e. The smallest absolute Gasteiger partial charge is 0.308 e. The van der Waals surface area contributed by atoms with E-state index in [-0.39, 0.29) is 24.2 Å². The minimum Gasteiger partial charge on any atom is -0.481 e. The summed E-state index contributed by atoms with van der Waals surface area (Å²) in [4.78, 5) is 28.9. The predicted molar refractivity (Wildman–Crippen MR) is 86.2 cm³/mol. The number of benzene rings is 1. The lowest BCUT2D eigenvalue weighted by molar-refractivity contribution is -0.142. The van der Waals surface area contributed by atoms with Gasteiger partial charge < -0.3 is 15.0 Å². The Morgan fingerprint density at radius 3 is 2.67 bits per heavy atom. The molecule has 2 aromatic rings. The monoisotopic (exact) mass is 330 g/mol. The maximum atomic E-state index is 13.5. The lowest BCUT2D eigenvalue weighted by Crippen LogP contribution is -2.30. The van der Waals surface area contributed by atoms with Crippen LogP contribution in [0.3, 0.4) is 0 Å². The van der Waals surface area contributed by atoms with Gasteiger partial charge in [0.25, 0.3) is 5.91 Å². The first-order valence-corrected chi connectivity index (χ1v) is 8.25. The SMILES string of the molecule is Cc1cc(F)cc2[nH]c(C(=O)N3C[C@H](C(=O)O)[C@@H](C4CC4)C3)cc12. The third-order valence-corrected chi connectivity index (χ3v) is 5.34. The Bertz CT molecular complexity index is 840. The highest BCUT2D eigenvalue weighted by Gasteiger charge is 2.47. The van der Waals surface area contributed by atoms with E-state index in [2.05, 4.69) is 4.98 Å². The Hall–Kier alpha value is -2.37. The minimum atomic E-state index is -0.822. The van der Waals surface area contributed by atoms with Crippen molar-refractivity contribution in [2.24, 2.45) is 17.8 Å². The molecule has 24 heavy (non-hydrogen) atoms. The molecule has 1 aliphatic heterocycles. The number of carboxylic acids is 1. The molecule has 1 aliphatic carbocycles. The van der Waals surface area contributed by atoms with E-state index in [9.17, 15) is 19.1 Å². The van der Waals surface area contributed by atoms with Crippen molar-refractivity contribution in [2.75, 3.05) is 13.1 Å². The first-order valence-electron chi connectivity index (χ1n) is 8.25. The number of halogens is 1. The summed E-state index contributed by atoms with van der Waals surface area (Å²) < 4.78 is 13.5. The zero-order valence-electron chi connectivity index (χ0n) is 13.4. The summed E-state index contributed by atoms with van der Waals surface area (Å²) in [5, 5.41) is 10.2. The number of aliphatic carboxylic acids is 1. The molecule has 1 aromatic heterocycles. The first kappa shape index (κ1) is 15.2. The summed E-state index contributed by atoms with van der Waals surface area (Å²) in [5.74, 6) is -1.37. The highest BCUT2D eigenvalue weighted by molar-refractivity contribution is 5.99. The van der Waals surface area contributed by atoms with E-state index in [0.717, 1.165) is 23.8 Å². The molecule has 2 N–H and O–H groups in total. The van der Waals surface area contributed by atoms with Gasteiger partial charge in [0.15, 0.2) is 0 Å². The van der Waals surface area contributed by atoms with E-state index in [1.165, 1.54) is 12.1 Å². The maximum absolute atomic E-state index is 13.5. The topological polar surface area (TPSA) is 73.4 Å². The molecule has 4 rings (SSSR count). The zero-order valence-corrected chi connectivity index (χ0v) is 13.4. The number of likely N-dealkylation sites (tertiary alicyclic amines) is 1. The van der Waals surface area contributed by atoms with Crippen molar-refractivity contribution in [2.45, 2.75) is 19.8 Å². The second-order valence-electron chi connectivity index (χ2n) is 7.02. The molecule has 0 spiro atoms. The number of carbonyl (C=O) groups excluding carboxylic acids is 1. The molecule has 126 valence electrons. The fourth-order valence-corrected chi connectivity index (χ4v) is 3.92. The van der Waals surface area contributed by atoms with Crippen LogP contribution in [0.1, 0.15) is 28.9 Å². The number of amides is 1. The van der Waals surface area contributed by atoms with Crippen molar-refractivity contribution in [3.8, 4) is 0 Å². The van der Waals surface area contributed by atoms with Crippen LogP contribution in [0.5, 0.6) is 0 Å². The number of nitrogens with zero attached hydrogens (tertiary/aromatic N) is 1. The fraction of sp³-hybridized carbons (Fsp3) is 0.444. The van der Waals surface area contributed by atoms with Crippen LogP contribution in [0.15, 0.2) is 18.2 Å². The molecule has 1 amide bonds. The maximum Gasteiger partial charge on any atom is 0.308 e. The fourth-order valence-electron chi connectivity index (χ4n) is 3.92. The van der Waals surface area contributed by atoms with E-state index in [1.54, 1.807) is 17.9 Å². The van der Waals surface area contributed by atoms with Crippen LogP contribution in [-0.4, -0.2) is 40.0 Å². The van der Waals surface area contributed by atoms with E-state index < -0.39 is 11.9 Å². The van der Waals surface area contributed by atoms with Gasteiger partial charge in [0.05, 0.1) is 5.92 Å². The highest BCUT2D eigenvalue weighted by atomic mass is 19.1. The van der Waals surface area contributed by atoms with Crippen LogP contribution in [0, 0.1) is 30.5 Å². The zero-order chi connectivity index (χ0) is 17.0. The average Bonchev–Trinajstić information content (AvgIpc) is 3.11. The summed E-state index contributed by atoms with van der Waals surface area (Å²) in [7, 11) is 0. The number of carbonyl (C=O) groups is 2. The third kappa shape index (κ3) is 2.46.